The minimum Gasteiger partial charge on any atom is -0.321 e. The summed E-state index contributed by atoms with van der Waals surface area (Å²) in [6.45, 7) is 3.52. The molecule has 29 heavy (non-hydrogen) atoms. The molecule has 0 spiro atoms. The summed E-state index contributed by atoms with van der Waals surface area (Å²) in [5.74, 6) is -0.566. The molecule has 8 heteroatoms. The van der Waals surface area contributed by atoms with Gasteiger partial charge < -0.3 is 5.32 Å². The van der Waals surface area contributed by atoms with E-state index < -0.39 is 5.91 Å². The second-order valence-corrected chi connectivity index (χ2v) is 7.42. The zero-order valence-corrected chi connectivity index (χ0v) is 17.8. The van der Waals surface area contributed by atoms with E-state index in [1.54, 1.807) is 56.3 Å². The van der Waals surface area contributed by atoms with Gasteiger partial charge in [0.15, 0.2) is 0 Å². The highest BCUT2D eigenvalue weighted by atomic mass is 35.5. The molecule has 0 atom stereocenters. The van der Waals surface area contributed by atoms with E-state index in [1.165, 1.54) is 10.8 Å². The lowest BCUT2D eigenvalue weighted by atomic mass is 10.1. The Morgan fingerprint density at radius 3 is 2.59 bits per heavy atom. The fourth-order valence-corrected chi connectivity index (χ4v) is 3.37. The molecule has 0 bridgehead atoms. The van der Waals surface area contributed by atoms with Crippen molar-refractivity contribution in [1.29, 1.82) is 5.26 Å². The number of nitrogens with one attached hydrogen (secondary N) is 1. The number of carbonyl (C=O) groups excluding carboxylic acids is 1. The minimum atomic E-state index is -0.566. The van der Waals surface area contributed by atoms with Crippen LogP contribution in [0.1, 0.15) is 16.8 Å². The Balaban J connectivity index is 1.96. The predicted molar refractivity (Wildman–Crippen MR) is 117 cm³/mol. The van der Waals surface area contributed by atoms with Gasteiger partial charge in [0.1, 0.15) is 16.8 Å². The van der Waals surface area contributed by atoms with E-state index in [0.717, 1.165) is 0 Å². The van der Waals surface area contributed by atoms with Crippen molar-refractivity contribution in [2.24, 2.45) is 0 Å². The van der Waals surface area contributed by atoms with Gasteiger partial charge in [0, 0.05) is 21.3 Å². The molecule has 5 nitrogen and oxygen atoms in total. The molecule has 1 aromatic heterocycles. The van der Waals surface area contributed by atoms with E-state index >= 15 is 0 Å². The average Bonchev–Trinajstić information content (AvgIpc) is 2.97. The number of aryl methyl sites for hydroxylation is 1. The van der Waals surface area contributed by atoms with Crippen LogP contribution in [-0.4, -0.2) is 15.7 Å². The number of anilines is 1. The molecule has 0 radical (unpaired) electrons. The molecule has 146 valence electrons. The summed E-state index contributed by atoms with van der Waals surface area (Å²) in [6, 6.07) is 14.1. The van der Waals surface area contributed by atoms with Crippen molar-refractivity contribution in [3.05, 3.63) is 80.1 Å². The molecule has 0 aliphatic heterocycles. The van der Waals surface area contributed by atoms with Crippen molar-refractivity contribution in [2.75, 3.05) is 5.32 Å². The van der Waals surface area contributed by atoms with Crippen molar-refractivity contribution >= 4 is 52.5 Å². The maximum absolute atomic E-state index is 12.6. The zero-order valence-electron chi connectivity index (χ0n) is 15.5. The van der Waals surface area contributed by atoms with Crippen LogP contribution in [0.5, 0.6) is 0 Å². The number of aromatic nitrogens is 2. The van der Waals surface area contributed by atoms with Gasteiger partial charge >= 0.3 is 0 Å². The highest BCUT2D eigenvalue weighted by molar-refractivity contribution is 6.32. The number of benzene rings is 2. The average molecular weight is 446 g/mol. The summed E-state index contributed by atoms with van der Waals surface area (Å²) in [5, 5.41) is 17.9. The molecule has 0 saturated heterocycles. The molecular formula is C21H15Cl3N4O. The molecular weight excluding hydrogens is 431 g/mol. The third-order valence-corrected chi connectivity index (χ3v) is 5.28. The number of nitrogens with zero attached hydrogens (tertiary/aromatic N) is 3. The molecule has 0 unspecified atom stereocenters. The van der Waals surface area contributed by atoms with Crippen molar-refractivity contribution in [3.63, 3.8) is 0 Å². The highest BCUT2D eigenvalue weighted by Crippen LogP contribution is 2.28. The molecule has 3 rings (SSSR count). The fourth-order valence-electron chi connectivity index (χ4n) is 2.68. The molecule has 2 aromatic carbocycles. The van der Waals surface area contributed by atoms with E-state index in [1.807, 2.05) is 6.07 Å². The Bertz CT molecular complexity index is 1180. The Hall–Kier alpha value is -2.78. The van der Waals surface area contributed by atoms with Crippen LogP contribution in [0.15, 0.2) is 48.0 Å². The largest absolute Gasteiger partial charge is 0.321 e. The molecule has 1 N–H and O–H groups in total. The van der Waals surface area contributed by atoms with Crippen LogP contribution in [-0.2, 0) is 4.79 Å². The van der Waals surface area contributed by atoms with E-state index in [0.29, 0.717) is 38.2 Å². The van der Waals surface area contributed by atoms with E-state index in [-0.39, 0.29) is 10.7 Å². The Morgan fingerprint density at radius 1 is 1.17 bits per heavy atom. The summed E-state index contributed by atoms with van der Waals surface area (Å²) in [6.07, 6.45) is 1.42. The van der Waals surface area contributed by atoms with Gasteiger partial charge in [-0.3, -0.25) is 4.79 Å². The van der Waals surface area contributed by atoms with Crippen molar-refractivity contribution in [2.45, 2.75) is 13.8 Å². The first-order valence-electron chi connectivity index (χ1n) is 8.51. The molecule has 1 heterocycles. The summed E-state index contributed by atoms with van der Waals surface area (Å²) < 4.78 is 1.50. The Labute approximate surface area is 183 Å². The van der Waals surface area contributed by atoms with Gasteiger partial charge in [-0.05, 0) is 55.8 Å². The van der Waals surface area contributed by atoms with Crippen LogP contribution in [0.4, 0.5) is 5.69 Å². The van der Waals surface area contributed by atoms with Gasteiger partial charge in [-0.25, -0.2) is 4.68 Å². The normalized spacial score (nSPS) is 11.2. The zero-order chi connectivity index (χ0) is 21.1. The number of hydrogen-bond acceptors (Lipinski definition) is 3. The van der Waals surface area contributed by atoms with Crippen LogP contribution in [0.25, 0.3) is 11.8 Å². The molecule has 0 fully saturated rings. The van der Waals surface area contributed by atoms with Gasteiger partial charge in [0.2, 0.25) is 0 Å². The minimum absolute atomic E-state index is 0.111. The lowest BCUT2D eigenvalue weighted by Crippen LogP contribution is -2.14. The highest BCUT2D eigenvalue weighted by Gasteiger charge is 2.17. The second-order valence-electron chi connectivity index (χ2n) is 6.22. The van der Waals surface area contributed by atoms with Gasteiger partial charge in [0.25, 0.3) is 5.91 Å². The lowest BCUT2D eigenvalue weighted by Gasteiger charge is -2.09. The summed E-state index contributed by atoms with van der Waals surface area (Å²) in [7, 11) is 0. The smallest absolute Gasteiger partial charge is 0.266 e. The summed E-state index contributed by atoms with van der Waals surface area (Å²) in [5.41, 5.74) is 2.84. The van der Waals surface area contributed by atoms with Gasteiger partial charge in [-0.15, -0.1) is 0 Å². The van der Waals surface area contributed by atoms with Crippen molar-refractivity contribution in [3.8, 4) is 11.8 Å². The standard InChI is InChI=1S/C21H15Cl3N4O/c1-12-18(23)7-4-8-19(12)26-21(29)14(11-25)9-17-13(2)27-28(20(17)24)16-6-3-5-15(22)10-16/h3-10H,1-2H3,(H,26,29). The first-order valence-corrected chi connectivity index (χ1v) is 9.64. The van der Waals surface area contributed by atoms with Crippen LogP contribution in [0, 0.1) is 25.2 Å². The maximum atomic E-state index is 12.6. The fraction of sp³-hybridized carbons (Fsp3) is 0.0952. The number of amides is 1. The van der Waals surface area contributed by atoms with Crippen LogP contribution >= 0.6 is 34.8 Å². The predicted octanol–water partition coefficient (Wildman–Crippen LogP) is 6.00. The number of carbonyl (C=O) groups is 1. The molecule has 0 aliphatic carbocycles. The Kier molecular flexibility index (Phi) is 6.29. The molecule has 1 amide bonds. The first-order chi connectivity index (χ1) is 13.8. The summed E-state index contributed by atoms with van der Waals surface area (Å²) in [4.78, 5) is 12.6. The van der Waals surface area contributed by atoms with Gasteiger partial charge in [-0.2, -0.15) is 10.4 Å². The topological polar surface area (TPSA) is 70.7 Å². The number of hydrogen-bond donors (Lipinski definition) is 1. The summed E-state index contributed by atoms with van der Waals surface area (Å²) >= 11 is 18.6. The van der Waals surface area contributed by atoms with E-state index in [2.05, 4.69) is 10.4 Å². The molecule has 0 aliphatic rings. The third-order valence-electron chi connectivity index (χ3n) is 4.27. The van der Waals surface area contributed by atoms with Crippen LogP contribution in [0.2, 0.25) is 15.2 Å². The SMILES string of the molecule is Cc1nn(-c2cccc(Cl)c2)c(Cl)c1C=C(C#N)C(=O)Nc1cccc(Cl)c1C. The lowest BCUT2D eigenvalue weighted by molar-refractivity contribution is -0.112. The maximum Gasteiger partial charge on any atom is 0.266 e. The Morgan fingerprint density at radius 2 is 1.90 bits per heavy atom. The first kappa shape index (κ1) is 20.9. The van der Waals surface area contributed by atoms with Gasteiger partial charge in [-0.1, -0.05) is 46.9 Å². The molecule has 3 aromatic rings. The van der Waals surface area contributed by atoms with E-state index in [9.17, 15) is 10.1 Å². The quantitative estimate of drug-likeness (QED) is 0.396. The van der Waals surface area contributed by atoms with Gasteiger partial charge in [0.05, 0.1) is 11.4 Å². The third kappa shape index (κ3) is 4.46. The van der Waals surface area contributed by atoms with Crippen molar-refractivity contribution < 1.29 is 4.79 Å². The van der Waals surface area contributed by atoms with E-state index in [4.69, 9.17) is 34.8 Å². The van der Waals surface area contributed by atoms with Crippen LogP contribution in [0.3, 0.4) is 0 Å². The number of halogens is 3. The van der Waals surface area contributed by atoms with Crippen LogP contribution < -0.4 is 5.32 Å². The monoisotopic (exact) mass is 444 g/mol. The van der Waals surface area contributed by atoms with Crippen molar-refractivity contribution in [1.82, 2.24) is 9.78 Å². The molecule has 0 saturated carbocycles. The number of nitriles is 1. The number of rotatable bonds is 4. The second kappa shape index (κ2) is 8.71.